The molecule has 1 aliphatic rings. The lowest BCUT2D eigenvalue weighted by molar-refractivity contribution is 0.105. The van der Waals surface area contributed by atoms with Crippen molar-refractivity contribution in [3.8, 4) is 0 Å². The van der Waals surface area contributed by atoms with Gasteiger partial charge in [-0.25, -0.2) is 4.98 Å². The predicted molar refractivity (Wildman–Crippen MR) is 80.4 cm³/mol. The fraction of sp³-hybridized carbons (Fsp3) is 0.733. The molecule has 19 heavy (non-hydrogen) atoms. The average molecular weight is 262 g/mol. The van der Waals surface area contributed by atoms with Crippen LogP contribution in [0.15, 0.2) is 12.4 Å². The van der Waals surface area contributed by atoms with E-state index in [9.17, 15) is 0 Å². The summed E-state index contributed by atoms with van der Waals surface area (Å²) in [6, 6.07) is 0.472. The van der Waals surface area contributed by atoms with E-state index in [1.54, 1.807) is 12.4 Å². The summed E-state index contributed by atoms with van der Waals surface area (Å²) in [5, 5.41) is 6.58. The van der Waals surface area contributed by atoms with Gasteiger partial charge in [0.25, 0.3) is 0 Å². The summed E-state index contributed by atoms with van der Waals surface area (Å²) in [5.74, 6) is 1.67. The molecule has 2 rings (SSSR count). The molecule has 2 N–H and O–H groups in total. The lowest BCUT2D eigenvalue weighted by atomic mass is 9.63. The van der Waals surface area contributed by atoms with E-state index in [0.717, 1.165) is 11.6 Å². The minimum Gasteiger partial charge on any atom is -0.372 e. The van der Waals surface area contributed by atoms with E-state index < -0.39 is 0 Å². The minimum absolute atomic E-state index is 0.382. The average Bonchev–Trinajstić information content (AvgIpc) is 2.24. The lowest BCUT2D eigenvalue weighted by Crippen LogP contribution is -2.40. The highest BCUT2D eigenvalue weighted by atomic mass is 15.1. The number of rotatable bonds is 3. The number of hydrogen-bond acceptors (Lipinski definition) is 4. The van der Waals surface area contributed by atoms with E-state index in [2.05, 4.69) is 48.3 Å². The van der Waals surface area contributed by atoms with E-state index >= 15 is 0 Å². The van der Waals surface area contributed by atoms with Crippen LogP contribution in [0.4, 0.5) is 11.6 Å². The number of nitrogens with zero attached hydrogens (tertiary/aromatic N) is 2. The molecule has 4 nitrogen and oxygen atoms in total. The molecular weight excluding hydrogens is 236 g/mol. The lowest BCUT2D eigenvalue weighted by Gasteiger charge is -2.45. The Morgan fingerprint density at radius 3 is 2.21 bits per heavy atom. The van der Waals surface area contributed by atoms with Gasteiger partial charge in [0.2, 0.25) is 0 Å². The third-order valence-corrected chi connectivity index (χ3v) is 3.80. The summed E-state index contributed by atoms with van der Waals surface area (Å²) in [5.41, 5.74) is 0.765. The maximum atomic E-state index is 4.50. The molecule has 0 radical (unpaired) electrons. The molecular formula is C15H26N4. The van der Waals surface area contributed by atoms with Crippen molar-refractivity contribution in [1.82, 2.24) is 9.97 Å². The van der Waals surface area contributed by atoms with E-state index in [1.807, 2.05) is 7.05 Å². The molecule has 0 aliphatic heterocycles. The van der Waals surface area contributed by atoms with E-state index in [0.29, 0.717) is 16.9 Å². The van der Waals surface area contributed by atoms with Crippen LogP contribution in [0.3, 0.4) is 0 Å². The molecule has 0 unspecified atom stereocenters. The second-order valence-electron chi connectivity index (χ2n) is 7.29. The van der Waals surface area contributed by atoms with Crippen molar-refractivity contribution < 1.29 is 0 Å². The fourth-order valence-electron chi connectivity index (χ4n) is 3.71. The summed E-state index contributed by atoms with van der Waals surface area (Å²) < 4.78 is 0. The molecule has 1 aliphatic carbocycles. The van der Waals surface area contributed by atoms with Gasteiger partial charge in [0.15, 0.2) is 0 Å². The van der Waals surface area contributed by atoms with E-state index in [1.165, 1.54) is 19.3 Å². The Hall–Kier alpha value is -1.32. The van der Waals surface area contributed by atoms with Gasteiger partial charge in [-0.1, -0.05) is 27.7 Å². The van der Waals surface area contributed by atoms with Crippen LogP contribution in [0.5, 0.6) is 0 Å². The Balaban J connectivity index is 2.09. The predicted octanol–water partition coefficient (Wildman–Crippen LogP) is 3.54. The SMILES string of the molecule is CNc1cncc(NC2CC(C)(C)CC(C)(C)C2)n1. The highest BCUT2D eigenvalue weighted by molar-refractivity contribution is 5.41. The zero-order valence-electron chi connectivity index (χ0n) is 12.7. The van der Waals surface area contributed by atoms with Crippen molar-refractivity contribution in [3.05, 3.63) is 12.4 Å². The number of nitrogens with one attached hydrogen (secondary N) is 2. The first kappa shape index (κ1) is 14.1. The molecule has 1 fully saturated rings. The quantitative estimate of drug-likeness (QED) is 0.875. The zero-order chi connectivity index (χ0) is 14.1. The number of aromatic nitrogens is 2. The minimum atomic E-state index is 0.382. The van der Waals surface area contributed by atoms with Gasteiger partial charge < -0.3 is 10.6 Å². The van der Waals surface area contributed by atoms with Gasteiger partial charge in [-0.2, -0.15) is 0 Å². The van der Waals surface area contributed by atoms with Crippen molar-refractivity contribution in [1.29, 1.82) is 0 Å². The fourth-order valence-corrected chi connectivity index (χ4v) is 3.71. The third-order valence-electron chi connectivity index (χ3n) is 3.80. The Bertz CT molecular complexity index is 424. The largest absolute Gasteiger partial charge is 0.372 e. The first-order chi connectivity index (χ1) is 8.80. The second kappa shape index (κ2) is 4.99. The molecule has 0 saturated heterocycles. The molecule has 106 valence electrons. The molecule has 0 bridgehead atoms. The van der Waals surface area contributed by atoms with Crippen LogP contribution in [0.25, 0.3) is 0 Å². The Kier molecular flexibility index (Phi) is 3.70. The van der Waals surface area contributed by atoms with Crippen molar-refractivity contribution in [2.24, 2.45) is 10.8 Å². The monoisotopic (exact) mass is 262 g/mol. The maximum absolute atomic E-state index is 4.50. The highest BCUT2D eigenvalue weighted by Crippen LogP contribution is 2.46. The van der Waals surface area contributed by atoms with Crippen molar-refractivity contribution in [2.45, 2.75) is 53.0 Å². The van der Waals surface area contributed by atoms with E-state index in [-0.39, 0.29) is 0 Å². The molecule has 0 atom stereocenters. The second-order valence-corrected chi connectivity index (χ2v) is 7.29. The normalized spacial score (nSPS) is 21.9. The molecule has 0 aromatic carbocycles. The number of hydrogen-bond donors (Lipinski definition) is 2. The van der Waals surface area contributed by atoms with Gasteiger partial charge in [0, 0.05) is 13.1 Å². The maximum Gasteiger partial charge on any atom is 0.147 e. The smallest absolute Gasteiger partial charge is 0.147 e. The molecule has 1 aromatic rings. The van der Waals surface area contributed by atoms with Crippen LogP contribution in [0, 0.1) is 10.8 Å². The Morgan fingerprint density at radius 2 is 1.63 bits per heavy atom. The van der Waals surface area contributed by atoms with Crippen LogP contribution in [-0.4, -0.2) is 23.1 Å². The van der Waals surface area contributed by atoms with Crippen LogP contribution in [-0.2, 0) is 0 Å². The molecule has 1 heterocycles. The third kappa shape index (κ3) is 3.82. The van der Waals surface area contributed by atoms with Gasteiger partial charge in [-0.15, -0.1) is 0 Å². The van der Waals surface area contributed by atoms with Crippen LogP contribution >= 0.6 is 0 Å². The summed E-state index contributed by atoms with van der Waals surface area (Å²) in [7, 11) is 1.86. The molecule has 4 heteroatoms. The topological polar surface area (TPSA) is 49.8 Å². The van der Waals surface area contributed by atoms with Crippen LogP contribution < -0.4 is 10.6 Å². The summed E-state index contributed by atoms with van der Waals surface area (Å²) in [6.07, 6.45) is 7.18. The van der Waals surface area contributed by atoms with Crippen molar-refractivity contribution in [2.75, 3.05) is 17.7 Å². The standard InChI is InChI=1S/C15H26N4/c1-14(2)6-11(7-15(3,4)10-14)18-13-9-17-8-12(16-5)19-13/h8-9,11H,6-7,10H2,1-5H3,(H2,16,18,19). The van der Waals surface area contributed by atoms with Gasteiger partial charge in [0.1, 0.15) is 11.6 Å². The Labute approximate surface area is 116 Å². The first-order valence-electron chi connectivity index (χ1n) is 7.06. The summed E-state index contributed by atoms with van der Waals surface area (Å²) in [6.45, 7) is 9.44. The summed E-state index contributed by atoms with van der Waals surface area (Å²) in [4.78, 5) is 8.70. The highest BCUT2D eigenvalue weighted by Gasteiger charge is 2.38. The molecule has 1 saturated carbocycles. The summed E-state index contributed by atoms with van der Waals surface area (Å²) >= 11 is 0. The molecule has 0 amide bonds. The van der Waals surface area contributed by atoms with Crippen LogP contribution in [0.1, 0.15) is 47.0 Å². The van der Waals surface area contributed by atoms with Crippen LogP contribution in [0.2, 0.25) is 0 Å². The van der Waals surface area contributed by atoms with Gasteiger partial charge in [-0.3, -0.25) is 4.98 Å². The van der Waals surface area contributed by atoms with E-state index in [4.69, 9.17) is 0 Å². The molecule has 0 spiro atoms. The number of anilines is 2. The Morgan fingerprint density at radius 1 is 1.05 bits per heavy atom. The molecule has 1 aromatic heterocycles. The van der Waals surface area contributed by atoms with Crippen molar-refractivity contribution >= 4 is 11.6 Å². The first-order valence-corrected chi connectivity index (χ1v) is 7.06. The zero-order valence-corrected chi connectivity index (χ0v) is 12.7. The van der Waals surface area contributed by atoms with Gasteiger partial charge >= 0.3 is 0 Å². The van der Waals surface area contributed by atoms with Crippen molar-refractivity contribution in [3.63, 3.8) is 0 Å². The van der Waals surface area contributed by atoms with Gasteiger partial charge in [0.05, 0.1) is 12.4 Å². The van der Waals surface area contributed by atoms with Gasteiger partial charge in [-0.05, 0) is 30.1 Å².